The molecule has 0 fully saturated rings. The van der Waals surface area contributed by atoms with Gasteiger partial charge in [-0.25, -0.2) is 0 Å². The number of nitrogens with two attached hydrogens (primary N) is 1. The molecule has 0 rings (SSSR count). The van der Waals surface area contributed by atoms with Crippen molar-refractivity contribution in [3.63, 3.8) is 0 Å². The Hall–Kier alpha value is 0.757. The first-order valence-corrected chi connectivity index (χ1v) is 10.0. The first-order chi connectivity index (χ1) is 9.08. The summed E-state index contributed by atoms with van der Waals surface area (Å²) in [5.74, 6) is 1.92. The Labute approximate surface area is 131 Å². The summed E-state index contributed by atoms with van der Waals surface area (Å²) in [6.45, 7) is 9.57. The third-order valence-corrected chi connectivity index (χ3v) is 6.27. The maximum absolute atomic E-state index is 6.00. The van der Waals surface area contributed by atoms with Crippen molar-refractivity contribution in [1.82, 2.24) is 0 Å². The monoisotopic (exact) mass is 329 g/mol. The summed E-state index contributed by atoms with van der Waals surface area (Å²) in [6.07, 6.45) is 1.93. The minimum Gasteiger partial charge on any atom is -0.373 e. The van der Waals surface area contributed by atoms with Gasteiger partial charge in [0.1, 0.15) is 0 Å². The fraction of sp³-hybridized carbons (Fsp3) is 1.00. The van der Waals surface area contributed by atoms with Gasteiger partial charge in [-0.05, 0) is 45.1 Å². The fourth-order valence-electron chi connectivity index (χ4n) is 1.37. The van der Waals surface area contributed by atoms with E-state index in [2.05, 4.69) is 25.3 Å². The van der Waals surface area contributed by atoms with E-state index < -0.39 is 8.80 Å². The van der Waals surface area contributed by atoms with Crippen molar-refractivity contribution in [3.05, 3.63) is 0 Å². The molecule has 0 spiro atoms. The second kappa shape index (κ2) is 15.2. The molecule has 0 aliphatic heterocycles. The Balaban J connectivity index is 0. The van der Waals surface area contributed by atoms with Gasteiger partial charge in [-0.2, -0.15) is 25.3 Å². The van der Waals surface area contributed by atoms with Crippen molar-refractivity contribution in [2.45, 2.75) is 46.2 Å². The second-order valence-corrected chi connectivity index (χ2v) is 7.43. The molecule has 0 bridgehead atoms. The SMILES string of the molecule is CCO[Si](OCC)(OCC)C(N)CC.SCCCS. The van der Waals surface area contributed by atoms with E-state index in [1.54, 1.807) is 0 Å². The van der Waals surface area contributed by atoms with Gasteiger partial charge < -0.3 is 19.0 Å². The predicted molar refractivity (Wildman–Crippen MR) is 91.2 cm³/mol. The Morgan fingerprint density at radius 3 is 1.42 bits per heavy atom. The van der Waals surface area contributed by atoms with Gasteiger partial charge in [0.05, 0.1) is 5.67 Å². The second-order valence-electron chi connectivity index (χ2n) is 3.72. The van der Waals surface area contributed by atoms with E-state index >= 15 is 0 Å². The summed E-state index contributed by atoms with van der Waals surface area (Å²) < 4.78 is 16.9. The molecule has 1 unspecified atom stereocenters. The van der Waals surface area contributed by atoms with Crippen LogP contribution in [0.1, 0.15) is 40.5 Å². The van der Waals surface area contributed by atoms with Crippen LogP contribution in [0, 0.1) is 0 Å². The third-order valence-electron chi connectivity index (χ3n) is 2.25. The highest BCUT2D eigenvalue weighted by Crippen LogP contribution is 2.15. The van der Waals surface area contributed by atoms with Crippen LogP contribution >= 0.6 is 25.3 Å². The van der Waals surface area contributed by atoms with E-state index in [-0.39, 0.29) is 5.67 Å². The molecule has 1 atom stereocenters. The Morgan fingerprint density at radius 2 is 1.26 bits per heavy atom. The van der Waals surface area contributed by atoms with Crippen LogP contribution in [0.4, 0.5) is 0 Å². The van der Waals surface area contributed by atoms with Crippen LogP contribution in [-0.2, 0) is 13.3 Å². The molecule has 7 heteroatoms. The largest absolute Gasteiger partial charge is 0.518 e. The molecule has 0 heterocycles. The lowest BCUT2D eigenvalue weighted by molar-refractivity contribution is 0.0618. The van der Waals surface area contributed by atoms with Gasteiger partial charge in [0.2, 0.25) is 0 Å². The summed E-state index contributed by atoms with van der Waals surface area (Å²) in [7, 11) is -2.62. The molecule has 0 aromatic rings. The molecular weight excluding hydrogens is 298 g/mol. The zero-order valence-electron chi connectivity index (χ0n) is 12.7. The minimum absolute atomic E-state index is 0.123. The normalized spacial score (nSPS) is 12.8. The number of hydrogen-bond donors (Lipinski definition) is 3. The summed E-state index contributed by atoms with van der Waals surface area (Å²) in [5.41, 5.74) is 5.87. The summed E-state index contributed by atoms with van der Waals surface area (Å²) >= 11 is 7.90. The van der Waals surface area contributed by atoms with Crippen LogP contribution < -0.4 is 5.73 Å². The van der Waals surface area contributed by atoms with Gasteiger partial charge in [-0.15, -0.1) is 0 Å². The van der Waals surface area contributed by atoms with Crippen LogP contribution in [0.25, 0.3) is 0 Å². The van der Waals surface area contributed by atoms with Crippen molar-refractivity contribution in [1.29, 1.82) is 0 Å². The molecule has 118 valence electrons. The van der Waals surface area contributed by atoms with Crippen LogP contribution in [0.3, 0.4) is 0 Å². The lowest BCUT2D eigenvalue weighted by Gasteiger charge is -2.32. The summed E-state index contributed by atoms with van der Waals surface area (Å²) in [5, 5.41) is 0. The van der Waals surface area contributed by atoms with Crippen molar-refractivity contribution in [3.8, 4) is 0 Å². The Bertz CT molecular complexity index is 171. The van der Waals surface area contributed by atoms with Gasteiger partial charge in [0.15, 0.2) is 0 Å². The average molecular weight is 330 g/mol. The van der Waals surface area contributed by atoms with Crippen molar-refractivity contribution < 1.29 is 13.3 Å². The Kier molecular flexibility index (Phi) is 17.6. The van der Waals surface area contributed by atoms with E-state index in [9.17, 15) is 0 Å². The number of hydrogen-bond acceptors (Lipinski definition) is 6. The van der Waals surface area contributed by atoms with Crippen molar-refractivity contribution in [2.24, 2.45) is 5.73 Å². The lowest BCUT2D eigenvalue weighted by Crippen LogP contribution is -2.60. The van der Waals surface area contributed by atoms with E-state index in [4.69, 9.17) is 19.0 Å². The van der Waals surface area contributed by atoms with E-state index in [0.29, 0.717) is 19.8 Å². The smallest absolute Gasteiger partial charge is 0.373 e. The molecule has 0 aromatic heterocycles. The molecule has 0 aromatic carbocycles. The highest BCUT2D eigenvalue weighted by molar-refractivity contribution is 7.81. The number of thiol groups is 2. The highest BCUT2D eigenvalue weighted by atomic mass is 32.1. The Morgan fingerprint density at radius 1 is 0.895 bits per heavy atom. The highest BCUT2D eigenvalue weighted by Gasteiger charge is 2.46. The van der Waals surface area contributed by atoms with Crippen LogP contribution in [0.5, 0.6) is 0 Å². The van der Waals surface area contributed by atoms with E-state index in [1.165, 1.54) is 0 Å². The van der Waals surface area contributed by atoms with Crippen molar-refractivity contribution >= 4 is 34.1 Å². The van der Waals surface area contributed by atoms with Gasteiger partial charge >= 0.3 is 8.80 Å². The maximum Gasteiger partial charge on any atom is 0.518 e. The van der Waals surface area contributed by atoms with E-state index in [1.807, 2.05) is 27.7 Å². The van der Waals surface area contributed by atoms with Crippen molar-refractivity contribution in [2.75, 3.05) is 31.3 Å². The zero-order chi connectivity index (χ0) is 15.1. The third kappa shape index (κ3) is 10.2. The first-order valence-electron chi connectivity index (χ1n) is 6.97. The molecule has 0 radical (unpaired) electrons. The van der Waals surface area contributed by atoms with Gasteiger partial charge in [-0.3, -0.25) is 0 Å². The van der Waals surface area contributed by atoms with Crippen LogP contribution in [0.15, 0.2) is 0 Å². The molecule has 4 nitrogen and oxygen atoms in total. The predicted octanol–water partition coefficient (Wildman–Crippen LogP) is 2.55. The van der Waals surface area contributed by atoms with Crippen LogP contribution in [0.2, 0.25) is 0 Å². The van der Waals surface area contributed by atoms with E-state index in [0.717, 1.165) is 24.3 Å². The lowest BCUT2D eigenvalue weighted by atomic mass is 10.5. The molecule has 0 amide bonds. The molecule has 0 saturated carbocycles. The topological polar surface area (TPSA) is 53.7 Å². The standard InChI is InChI=1S/C9H23NO3Si.C3H8S2/c1-5-9(10)14(11-6-2,12-7-3)13-8-4;4-2-1-3-5/h9H,5-8,10H2,1-4H3;4-5H,1-3H2. The molecule has 19 heavy (non-hydrogen) atoms. The molecule has 2 N–H and O–H groups in total. The fourth-order valence-corrected chi connectivity index (χ4v) is 4.54. The average Bonchev–Trinajstić information content (AvgIpc) is 2.40. The van der Waals surface area contributed by atoms with Crippen LogP contribution in [-0.4, -0.2) is 45.8 Å². The van der Waals surface area contributed by atoms with Gasteiger partial charge in [0.25, 0.3) is 0 Å². The molecular formula is C12H31NO3S2Si. The first kappa shape index (κ1) is 22.0. The summed E-state index contributed by atoms with van der Waals surface area (Å²) in [4.78, 5) is 0. The quantitative estimate of drug-likeness (QED) is 0.426. The molecule has 0 aliphatic carbocycles. The molecule has 0 aliphatic rings. The number of rotatable bonds is 10. The summed E-state index contributed by atoms with van der Waals surface area (Å²) in [6, 6.07) is 0. The minimum atomic E-state index is -2.62. The zero-order valence-corrected chi connectivity index (χ0v) is 15.5. The van der Waals surface area contributed by atoms with Gasteiger partial charge in [0, 0.05) is 19.8 Å². The maximum atomic E-state index is 6.00. The molecule has 0 saturated heterocycles. The van der Waals surface area contributed by atoms with Gasteiger partial charge in [-0.1, -0.05) is 6.92 Å².